The first-order chi connectivity index (χ1) is 10.7. The molecule has 0 aliphatic carbocycles. The molecule has 1 aromatic heterocycles. The van der Waals surface area contributed by atoms with Gasteiger partial charge in [-0.1, -0.05) is 29.8 Å². The zero-order valence-electron chi connectivity index (χ0n) is 12.4. The van der Waals surface area contributed by atoms with E-state index in [1.54, 1.807) is 12.5 Å². The van der Waals surface area contributed by atoms with E-state index in [2.05, 4.69) is 10.3 Å². The quantitative estimate of drug-likeness (QED) is 0.800. The van der Waals surface area contributed by atoms with Crippen molar-refractivity contribution in [3.8, 4) is 0 Å². The number of carbonyl (C=O) groups excluding carboxylic acids is 1. The summed E-state index contributed by atoms with van der Waals surface area (Å²) in [7, 11) is 0. The molecule has 0 bridgehead atoms. The molecule has 1 heterocycles. The largest absolute Gasteiger partial charge is 0.333 e. The number of hydrogen-bond acceptors (Lipinski definition) is 2. The number of amides is 1. The first kappa shape index (κ1) is 14.1. The standard InChI is InChI=1S/C18H17N3O/c1-14-2-8-17(9-3-14)20-18(22)16-6-4-15(5-7-16)12-21-11-10-19-13-21/h2-11,13H,12H2,1H3,(H,20,22). The van der Waals surface area contributed by atoms with Crippen LogP contribution in [0.4, 0.5) is 5.69 Å². The summed E-state index contributed by atoms with van der Waals surface area (Å²) in [5.74, 6) is -0.0990. The Morgan fingerprint density at radius 1 is 1.09 bits per heavy atom. The maximum absolute atomic E-state index is 12.2. The van der Waals surface area contributed by atoms with E-state index in [1.165, 1.54) is 5.56 Å². The van der Waals surface area contributed by atoms with Crippen molar-refractivity contribution >= 4 is 11.6 Å². The van der Waals surface area contributed by atoms with Crippen LogP contribution in [0.3, 0.4) is 0 Å². The van der Waals surface area contributed by atoms with Crippen LogP contribution in [0.15, 0.2) is 67.3 Å². The Bertz CT molecular complexity index is 744. The van der Waals surface area contributed by atoms with E-state index >= 15 is 0 Å². The van der Waals surface area contributed by atoms with Gasteiger partial charge in [0.1, 0.15) is 0 Å². The molecule has 0 spiro atoms. The highest BCUT2D eigenvalue weighted by atomic mass is 16.1. The molecule has 4 heteroatoms. The third kappa shape index (κ3) is 3.41. The number of hydrogen-bond donors (Lipinski definition) is 1. The van der Waals surface area contributed by atoms with Crippen LogP contribution < -0.4 is 5.32 Å². The Morgan fingerprint density at radius 3 is 2.45 bits per heavy atom. The molecule has 0 atom stereocenters. The fraction of sp³-hybridized carbons (Fsp3) is 0.111. The first-order valence-corrected chi connectivity index (χ1v) is 7.13. The summed E-state index contributed by atoms with van der Waals surface area (Å²) in [6, 6.07) is 15.4. The molecule has 1 amide bonds. The van der Waals surface area contributed by atoms with Gasteiger partial charge in [-0.25, -0.2) is 4.98 Å². The molecule has 3 rings (SSSR count). The van der Waals surface area contributed by atoms with Crippen molar-refractivity contribution in [1.29, 1.82) is 0 Å². The maximum atomic E-state index is 12.2. The minimum absolute atomic E-state index is 0.0990. The van der Waals surface area contributed by atoms with Gasteiger partial charge >= 0.3 is 0 Å². The first-order valence-electron chi connectivity index (χ1n) is 7.13. The maximum Gasteiger partial charge on any atom is 0.255 e. The average Bonchev–Trinajstić information content (AvgIpc) is 3.03. The molecule has 0 saturated carbocycles. The second kappa shape index (κ2) is 6.26. The number of benzene rings is 2. The highest BCUT2D eigenvalue weighted by Gasteiger charge is 2.06. The lowest BCUT2D eigenvalue weighted by molar-refractivity contribution is 0.102. The van der Waals surface area contributed by atoms with E-state index in [1.807, 2.05) is 66.2 Å². The summed E-state index contributed by atoms with van der Waals surface area (Å²) in [6.45, 7) is 2.77. The summed E-state index contributed by atoms with van der Waals surface area (Å²) in [4.78, 5) is 16.2. The number of nitrogens with one attached hydrogen (secondary N) is 1. The van der Waals surface area contributed by atoms with E-state index in [0.717, 1.165) is 17.8 Å². The van der Waals surface area contributed by atoms with Crippen LogP contribution in [0.2, 0.25) is 0 Å². The molecule has 2 aromatic carbocycles. The zero-order valence-corrected chi connectivity index (χ0v) is 12.4. The highest BCUT2D eigenvalue weighted by Crippen LogP contribution is 2.12. The minimum atomic E-state index is -0.0990. The SMILES string of the molecule is Cc1ccc(NC(=O)c2ccc(Cn3ccnc3)cc2)cc1. The second-order valence-corrected chi connectivity index (χ2v) is 5.25. The molecule has 22 heavy (non-hydrogen) atoms. The van der Waals surface area contributed by atoms with Gasteiger partial charge in [0.2, 0.25) is 0 Å². The lowest BCUT2D eigenvalue weighted by atomic mass is 10.1. The molecule has 0 aliphatic heterocycles. The van der Waals surface area contributed by atoms with Gasteiger partial charge in [0.15, 0.2) is 0 Å². The van der Waals surface area contributed by atoms with Gasteiger partial charge in [0, 0.05) is 30.2 Å². The topological polar surface area (TPSA) is 46.9 Å². The van der Waals surface area contributed by atoms with Crippen LogP contribution in [0.5, 0.6) is 0 Å². The van der Waals surface area contributed by atoms with Gasteiger partial charge in [-0.2, -0.15) is 0 Å². The van der Waals surface area contributed by atoms with Crippen molar-refractivity contribution < 1.29 is 4.79 Å². The van der Waals surface area contributed by atoms with Crippen molar-refractivity contribution in [3.63, 3.8) is 0 Å². The molecular weight excluding hydrogens is 274 g/mol. The molecule has 110 valence electrons. The molecule has 0 radical (unpaired) electrons. The van der Waals surface area contributed by atoms with E-state index in [-0.39, 0.29) is 5.91 Å². The second-order valence-electron chi connectivity index (χ2n) is 5.25. The fourth-order valence-electron chi connectivity index (χ4n) is 2.19. The summed E-state index contributed by atoms with van der Waals surface area (Å²) in [5, 5.41) is 2.90. The van der Waals surface area contributed by atoms with Crippen LogP contribution in [-0.2, 0) is 6.54 Å². The number of anilines is 1. The normalized spacial score (nSPS) is 10.4. The van der Waals surface area contributed by atoms with Gasteiger partial charge in [-0.05, 0) is 36.8 Å². The van der Waals surface area contributed by atoms with Crippen molar-refractivity contribution in [3.05, 3.63) is 83.9 Å². The number of imidazole rings is 1. The zero-order chi connectivity index (χ0) is 15.4. The smallest absolute Gasteiger partial charge is 0.255 e. The molecule has 3 aromatic rings. The number of nitrogens with zero attached hydrogens (tertiary/aromatic N) is 2. The summed E-state index contributed by atoms with van der Waals surface area (Å²) in [5.41, 5.74) is 3.75. The summed E-state index contributed by atoms with van der Waals surface area (Å²) >= 11 is 0. The van der Waals surface area contributed by atoms with Crippen molar-refractivity contribution in [2.75, 3.05) is 5.32 Å². The number of aromatic nitrogens is 2. The Balaban J connectivity index is 1.66. The van der Waals surface area contributed by atoms with E-state index in [0.29, 0.717) is 5.56 Å². The van der Waals surface area contributed by atoms with Gasteiger partial charge < -0.3 is 9.88 Å². The van der Waals surface area contributed by atoms with Crippen molar-refractivity contribution in [2.45, 2.75) is 13.5 Å². The molecule has 0 aliphatic rings. The van der Waals surface area contributed by atoms with Crippen molar-refractivity contribution in [2.24, 2.45) is 0 Å². The lowest BCUT2D eigenvalue weighted by Crippen LogP contribution is -2.11. The fourth-order valence-corrected chi connectivity index (χ4v) is 2.19. The Hall–Kier alpha value is -2.88. The minimum Gasteiger partial charge on any atom is -0.333 e. The van der Waals surface area contributed by atoms with Gasteiger partial charge in [-0.15, -0.1) is 0 Å². The Labute approximate surface area is 129 Å². The highest BCUT2D eigenvalue weighted by molar-refractivity contribution is 6.04. The molecule has 0 unspecified atom stereocenters. The number of aryl methyl sites for hydroxylation is 1. The van der Waals surface area contributed by atoms with Crippen molar-refractivity contribution in [1.82, 2.24) is 9.55 Å². The van der Waals surface area contributed by atoms with Crippen LogP contribution >= 0.6 is 0 Å². The van der Waals surface area contributed by atoms with E-state index in [4.69, 9.17) is 0 Å². The van der Waals surface area contributed by atoms with Gasteiger partial charge in [0.25, 0.3) is 5.91 Å². The third-order valence-electron chi connectivity index (χ3n) is 3.45. The summed E-state index contributed by atoms with van der Waals surface area (Å²) < 4.78 is 1.99. The molecule has 4 nitrogen and oxygen atoms in total. The van der Waals surface area contributed by atoms with E-state index < -0.39 is 0 Å². The van der Waals surface area contributed by atoms with Crippen LogP contribution in [0.1, 0.15) is 21.5 Å². The predicted octanol–water partition coefficient (Wildman–Crippen LogP) is 3.49. The van der Waals surface area contributed by atoms with E-state index in [9.17, 15) is 4.79 Å². The number of carbonyl (C=O) groups is 1. The number of rotatable bonds is 4. The Morgan fingerprint density at radius 2 is 1.82 bits per heavy atom. The summed E-state index contributed by atoms with van der Waals surface area (Å²) in [6.07, 6.45) is 5.44. The van der Waals surface area contributed by atoms with Crippen LogP contribution in [0, 0.1) is 6.92 Å². The monoisotopic (exact) mass is 291 g/mol. The van der Waals surface area contributed by atoms with Crippen LogP contribution in [-0.4, -0.2) is 15.5 Å². The predicted molar refractivity (Wildman–Crippen MR) is 86.9 cm³/mol. The third-order valence-corrected chi connectivity index (χ3v) is 3.45. The van der Waals surface area contributed by atoms with Gasteiger partial charge in [-0.3, -0.25) is 4.79 Å². The lowest BCUT2D eigenvalue weighted by Gasteiger charge is -2.07. The average molecular weight is 291 g/mol. The molecule has 0 saturated heterocycles. The molecule has 1 N–H and O–H groups in total. The Kier molecular flexibility index (Phi) is 4.01. The molecular formula is C18H17N3O. The molecule has 0 fully saturated rings. The van der Waals surface area contributed by atoms with Gasteiger partial charge in [0.05, 0.1) is 6.33 Å². The van der Waals surface area contributed by atoms with Crippen LogP contribution in [0.25, 0.3) is 0 Å².